The summed E-state index contributed by atoms with van der Waals surface area (Å²) in [6, 6.07) is 0.180. The molecule has 0 saturated carbocycles. The lowest BCUT2D eigenvalue weighted by atomic mass is 10.2. The summed E-state index contributed by atoms with van der Waals surface area (Å²) in [5.41, 5.74) is 0. The molecule has 1 rings (SSSR count). The molecule has 0 radical (unpaired) electrons. The van der Waals surface area contributed by atoms with Gasteiger partial charge in [-0.3, -0.25) is 4.90 Å². The molecule has 1 heterocycles. The summed E-state index contributed by atoms with van der Waals surface area (Å²) in [5.74, 6) is 1.37. The van der Waals surface area contributed by atoms with E-state index in [2.05, 4.69) is 4.90 Å². The molecule has 0 spiro atoms. The van der Waals surface area contributed by atoms with Crippen LogP contribution in [0.15, 0.2) is 0 Å². The number of rotatable bonds is 5. The van der Waals surface area contributed by atoms with Crippen LogP contribution in [0.25, 0.3) is 0 Å². The molecular weight excluding hydrogens is 234 g/mol. The quantitative estimate of drug-likeness (QED) is 0.551. The van der Waals surface area contributed by atoms with Crippen LogP contribution in [0.2, 0.25) is 0 Å². The third-order valence-corrected chi connectivity index (χ3v) is 4.95. The average Bonchev–Trinajstić information content (AvgIpc) is 2.14. The second-order valence-electron chi connectivity index (χ2n) is 4.25. The van der Waals surface area contributed by atoms with E-state index < -0.39 is 9.84 Å². The van der Waals surface area contributed by atoms with Gasteiger partial charge in [-0.05, 0) is 26.3 Å². The van der Waals surface area contributed by atoms with Gasteiger partial charge in [-0.2, -0.15) is 0 Å². The second kappa shape index (κ2) is 6.06. The maximum Gasteiger partial charge on any atom is 0.153 e. The van der Waals surface area contributed by atoms with E-state index in [0.717, 1.165) is 31.7 Å². The molecule has 0 aromatic heterocycles. The fourth-order valence-corrected chi connectivity index (χ4v) is 3.77. The highest BCUT2D eigenvalue weighted by molar-refractivity contribution is 7.91. The molecule has 0 aromatic rings. The van der Waals surface area contributed by atoms with Crippen LogP contribution in [0, 0.1) is 0 Å². The van der Waals surface area contributed by atoms with Crippen molar-refractivity contribution in [3.05, 3.63) is 0 Å². The van der Waals surface area contributed by atoms with Crippen LogP contribution in [0.1, 0.15) is 26.2 Å². The fourth-order valence-electron chi connectivity index (χ4n) is 1.95. The highest BCUT2D eigenvalue weighted by atomic mass is 35.5. The van der Waals surface area contributed by atoms with E-state index in [1.54, 1.807) is 0 Å². The zero-order valence-electron chi connectivity index (χ0n) is 9.28. The summed E-state index contributed by atoms with van der Waals surface area (Å²) in [5, 5.41) is 0. The minimum Gasteiger partial charge on any atom is -0.299 e. The van der Waals surface area contributed by atoms with Crippen molar-refractivity contribution in [3.63, 3.8) is 0 Å². The Bertz CT molecular complexity index is 279. The summed E-state index contributed by atoms with van der Waals surface area (Å²) in [6.45, 7) is 3.70. The van der Waals surface area contributed by atoms with Crippen LogP contribution in [-0.4, -0.2) is 49.8 Å². The highest BCUT2D eigenvalue weighted by Gasteiger charge is 2.27. The molecule has 0 N–H and O–H groups in total. The molecule has 1 unspecified atom stereocenters. The number of sulfone groups is 1. The van der Waals surface area contributed by atoms with Gasteiger partial charge in [0.1, 0.15) is 0 Å². The molecule has 15 heavy (non-hydrogen) atoms. The van der Waals surface area contributed by atoms with E-state index in [-0.39, 0.29) is 6.04 Å². The highest BCUT2D eigenvalue weighted by Crippen LogP contribution is 2.12. The molecule has 1 aliphatic heterocycles. The minimum absolute atomic E-state index is 0.180. The lowest BCUT2D eigenvalue weighted by molar-refractivity contribution is 0.222. The Morgan fingerprint density at radius 1 is 1.33 bits per heavy atom. The first-order valence-corrected chi connectivity index (χ1v) is 7.91. The van der Waals surface area contributed by atoms with Gasteiger partial charge in [0.25, 0.3) is 0 Å². The summed E-state index contributed by atoms with van der Waals surface area (Å²) in [6.07, 6.45) is 3.32. The van der Waals surface area contributed by atoms with Crippen LogP contribution in [0.4, 0.5) is 0 Å². The third-order valence-electron chi connectivity index (χ3n) is 2.89. The second-order valence-corrected chi connectivity index (χ2v) is 6.86. The molecule has 1 atom stereocenters. The fraction of sp³-hybridized carbons (Fsp3) is 1.00. The van der Waals surface area contributed by atoms with Crippen molar-refractivity contribution in [2.75, 3.05) is 30.5 Å². The number of alkyl halides is 1. The Morgan fingerprint density at radius 2 is 2.07 bits per heavy atom. The monoisotopic (exact) mass is 253 g/mol. The molecular formula is C10H20ClNO2S. The number of nitrogens with zero attached hydrogens (tertiary/aromatic N) is 1. The number of hydrogen-bond acceptors (Lipinski definition) is 3. The average molecular weight is 254 g/mol. The van der Waals surface area contributed by atoms with Gasteiger partial charge in [-0.15, -0.1) is 11.6 Å². The first-order valence-electron chi connectivity index (χ1n) is 5.55. The lowest BCUT2D eigenvalue weighted by Crippen LogP contribution is -2.47. The Kier molecular flexibility index (Phi) is 5.36. The third kappa shape index (κ3) is 4.70. The molecule has 0 aromatic carbocycles. The van der Waals surface area contributed by atoms with Gasteiger partial charge in [0.15, 0.2) is 9.84 Å². The summed E-state index contributed by atoms with van der Waals surface area (Å²) in [7, 11) is -2.76. The van der Waals surface area contributed by atoms with Gasteiger partial charge in [0.2, 0.25) is 0 Å². The first kappa shape index (κ1) is 13.3. The van der Waals surface area contributed by atoms with Crippen molar-refractivity contribution in [2.24, 2.45) is 0 Å². The largest absolute Gasteiger partial charge is 0.299 e. The Balaban J connectivity index is 2.26. The first-order chi connectivity index (χ1) is 7.05. The lowest BCUT2D eigenvalue weighted by Gasteiger charge is -2.32. The molecule has 1 aliphatic rings. The number of halogens is 1. The summed E-state index contributed by atoms with van der Waals surface area (Å²) < 4.78 is 22.7. The Hall–Kier alpha value is 0.200. The van der Waals surface area contributed by atoms with Crippen molar-refractivity contribution in [3.8, 4) is 0 Å². The predicted molar refractivity (Wildman–Crippen MR) is 64.3 cm³/mol. The van der Waals surface area contributed by atoms with Gasteiger partial charge in [0.05, 0.1) is 11.5 Å². The maximum absolute atomic E-state index is 11.3. The van der Waals surface area contributed by atoms with Crippen LogP contribution >= 0.6 is 11.6 Å². The summed E-state index contributed by atoms with van der Waals surface area (Å²) >= 11 is 5.60. The van der Waals surface area contributed by atoms with E-state index in [9.17, 15) is 8.42 Å². The normalized spacial score (nSPS) is 26.7. The Labute approximate surface area is 97.7 Å². The molecule has 1 saturated heterocycles. The number of hydrogen-bond donors (Lipinski definition) is 0. The van der Waals surface area contributed by atoms with Crippen molar-refractivity contribution in [2.45, 2.75) is 32.2 Å². The van der Waals surface area contributed by atoms with Crippen molar-refractivity contribution >= 4 is 21.4 Å². The van der Waals surface area contributed by atoms with Crippen LogP contribution in [0.5, 0.6) is 0 Å². The molecule has 0 aliphatic carbocycles. The zero-order chi connectivity index (χ0) is 11.3. The standard InChI is InChI=1S/C10H20ClNO2S/c1-10-9-15(13,14)8-7-12(10)6-4-2-3-5-11/h10H,2-9H2,1H3. The predicted octanol–water partition coefficient (Wildman–Crippen LogP) is 1.51. The van der Waals surface area contributed by atoms with Crippen LogP contribution < -0.4 is 0 Å². The molecule has 0 amide bonds. The Morgan fingerprint density at radius 3 is 2.67 bits per heavy atom. The minimum atomic E-state index is -2.76. The van der Waals surface area contributed by atoms with Crippen LogP contribution in [0.3, 0.4) is 0 Å². The van der Waals surface area contributed by atoms with Crippen molar-refractivity contribution in [1.29, 1.82) is 0 Å². The van der Waals surface area contributed by atoms with Gasteiger partial charge < -0.3 is 0 Å². The molecule has 5 heteroatoms. The molecule has 3 nitrogen and oxygen atoms in total. The SMILES string of the molecule is CC1CS(=O)(=O)CCN1CCCCCCl. The number of unbranched alkanes of at least 4 members (excludes halogenated alkanes) is 2. The van der Waals surface area contributed by atoms with E-state index in [4.69, 9.17) is 11.6 Å². The zero-order valence-corrected chi connectivity index (χ0v) is 10.9. The van der Waals surface area contributed by atoms with E-state index in [1.807, 2.05) is 6.92 Å². The topological polar surface area (TPSA) is 37.4 Å². The van der Waals surface area contributed by atoms with Crippen molar-refractivity contribution in [1.82, 2.24) is 4.90 Å². The van der Waals surface area contributed by atoms with Gasteiger partial charge >= 0.3 is 0 Å². The summed E-state index contributed by atoms with van der Waals surface area (Å²) in [4.78, 5) is 2.27. The van der Waals surface area contributed by atoms with E-state index in [0.29, 0.717) is 18.1 Å². The molecule has 1 fully saturated rings. The van der Waals surface area contributed by atoms with E-state index in [1.165, 1.54) is 0 Å². The van der Waals surface area contributed by atoms with Crippen molar-refractivity contribution < 1.29 is 8.42 Å². The maximum atomic E-state index is 11.3. The van der Waals surface area contributed by atoms with E-state index >= 15 is 0 Å². The van der Waals surface area contributed by atoms with Gasteiger partial charge in [-0.1, -0.05) is 6.42 Å². The molecule has 90 valence electrons. The molecule has 0 bridgehead atoms. The van der Waals surface area contributed by atoms with Crippen LogP contribution in [-0.2, 0) is 9.84 Å². The smallest absolute Gasteiger partial charge is 0.153 e. The van der Waals surface area contributed by atoms with Gasteiger partial charge in [-0.25, -0.2) is 8.42 Å². The van der Waals surface area contributed by atoms with Gasteiger partial charge in [0, 0.05) is 18.5 Å².